The summed E-state index contributed by atoms with van der Waals surface area (Å²) in [6, 6.07) is -3.48. The quantitative estimate of drug-likeness (QED) is 0.112. The summed E-state index contributed by atoms with van der Waals surface area (Å²) in [5.74, 6) is -2.44. The molecule has 0 spiro atoms. The van der Waals surface area contributed by atoms with Gasteiger partial charge in [-0.1, -0.05) is 78.2 Å². The number of nitrogens with one attached hydrogen (secondary N) is 4. The first-order valence-corrected chi connectivity index (χ1v) is 24.1. The second-order valence-corrected chi connectivity index (χ2v) is 22.8. The number of fused-ring (bicyclic) bond motifs is 1. The van der Waals surface area contributed by atoms with Crippen molar-refractivity contribution < 1.29 is 41.9 Å². The third kappa shape index (κ3) is 10.4. The van der Waals surface area contributed by atoms with Crippen LogP contribution in [0.15, 0.2) is 12.7 Å². The van der Waals surface area contributed by atoms with Crippen LogP contribution in [0.5, 0.6) is 0 Å². The minimum absolute atomic E-state index is 0.0292. The molecule has 332 valence electrons. The van der Waals surface area contributed by atoms with Crippen molar-refractivity contribution >= 4 is 39.4 Å². The Bertz CT molecular complexity index is 1690. The van der Waals surface area contributed by atoms with Crippen molar-refractivity contribution in [2.75, 3.05) is 32.1 Å². The van der Waals surface area contributed by atoms with Gasteiger partial charge in [0.05, 0.1) is 28.7 Å². The first kappa shape index (κ1) is 45.5. The number of hydrogen-bond acceptors (Lipinski definition) is 9. The third-order valence-corrected chi connectivity index (χ3v) is 17.5. The van der Waals surface area contributed by atoms with Crippen molar-refractivity contribution in [3.05, 3.63) is 12.7 Å². The average molecular weight is 846 g/mol. The van der Waals surface area contributed by atoms with Crippen molar-refractivity contribution in [1.29, 1.82) is 0 Å². The van der Waals surface area contributed by atoms with Crippen LogP contribution in [-0.2, 0) is 38.5 Å². The summed E-state index contributed by atoms with van der Waals surface area (Å²) in [5, 5.41) is 11.7. The van der Waals surface area contributed by atoms with Crippen molar-refractivity contribution in [3.63, 3.8) is 0 Å². The molecule has 59 heavy (non-hydrogen) atoms. The van der Waals surface area contributed by atoms with Gasteiger partial charge >= 0.3 is 6.03 Å². The highest BCUT2D eigenvalue weighted by Gasteiger charge is 2.70. The Kier molecular flexibility index (Phi) is 14.0. The number of rotatable bonds is 18. The van der Waals surface area contributed by atoms with E-state index in [1.807, 2.05) is 6.92 Å². The lowest BCUT2D eigenvalue weighted by atomic mass is 9.70. The largest absolute Gasteiger partial charge is 0.353 e. The van der Waals surface area contributed by atoms with E-state index in [0.29, 0.717) is 45.3 Å². The Morgan fingerprint density at radius 1 is 0.915 bits per heavy atom. The molecular weight excluding hydrogens is 775 g/mol. The molecule has 4 N–H and O–H groups in total. The summed E-state index contributed by atoms with van der Waals surface area (Å²) >= 11 is 0. The molecule has 0 radical (unpaired) electrons. The van der Waals surface area contributed by atoms with E-state index in [1.54, 1.807) is 18.7 Å². The summed E-state index contributed by atoms with van der Waals surface area (Å²) in [6.45, 7) is 14.1. The molecule has 3 unspecified atom stereocenters. The maximum Gasteiger partial charge on any atom is 0.315 e. The van der Waals surface area contributed by atoms with Gasteiger partial charge in [0.15, 0.2) is 16.1 Å². The standard InChI is InChI=1S/C44H71N5O9S/c1-7-23-45-38(52)35(50)31(25-29-17-18-29)46-37(51)34-33-30(42(33,4)5)26-49(34)39(53)36(43(6)19-11-8-12-20-43)47-40(54)48-44(21-13-9-14-22-44)28-59(55,56)41(2,3)27-58-32-16-10-15-24-57-32/h7,29-34,36H,1,8-28H2,2-6H3,(H,45,52)(H,46,51)(H2,47,48,54)/t30?,31-,32?,33?,34-,36+/m0/s1. The summed E-state index contributed by atoms with van der Waals surface area (Å²) in [5.41, 5.74) is -1.87. The van der Waals surface area contributed by atoms with Crippen LogP contribution >= 0.6 is 0 Å². The van der Waals surface area contributed by atoms with Gasteiger partial charge in [0.25, 0.3) is 5.91 Å². The van der Waals surface area contributed by atoms with E-state index in [-0.39, 0.29) is 48.0 Å². The number of Topliss-reactive ketones (excluding diaryl/α,β-unsaturated/α-hetero) is 1. The number of carbonyl (C=O) groups is 5. The highest BCUT2D eigenvalue weighted by Crippen LogP contribution is 2.65. The Balaban J connectivity index is 1.21. The molecule has 0 aromatic carbocycles. The van der Waals surface area contributed by atoms with Gasteiger partial charge in [0.1, 0.15) is 12.1 Å². The van der Waals surface area contributed by atoms with Crippen LogP contribution in [0.3, 0.4) is 0 Å². The zero-order valence-electron chi connectivity index (χ0n) is 36.2. The van der Waals surface area contributed by atoms with Crippen molar-refractivity contribution in [2.45, 2.75) is 172 Å². The number of ether oxygens (including phenoxy) is 2. The maximum absolute atomic E-state index is 15.1. The monoisotopic (exact) mass is 845 g/mol. The van der Waals surface area contributed by atoms with Gasteiger partial charge in [0.2, 0.25) is 17.6 Å². The van der Waals surface area contributed by atoms with E-state index < -0.39 is 73.6 Å². The molecule has 2 heterocycles. The molecule has 2 saturated heterocycles. The minimum atomic E-state index is -3.81. The maximum atomic E-state index is 15.1. The van der Waals surface area contributed by atoms with Crippen LogP contribution in [-0.4, -0.2) is 110 Å². The van der Waals surface area contributed by atoms with Crippen LogP contribution in [0.25, 0.3) is 0 Å². The second-order valence-electron chi connectivity index (χ2n) is 20.2. The fraction of sp³-hybridized carbons (Fsp3) is 0.841. The zero-order valence-corrected chi connectivity index (χ0v) is 37.0. The van der Waals surface area contributed by atoms with Crippen molar-refractivity contribution in [1.82, 2.24) is 26.2 Å². The van der Waals surface area contributed by atoms with Crippen LogP contribution in [0.1, 0.15) is 137 Å². The Morgan fingerprint density at radius 2 is 1.58 bits per heavy atom. The number of sulfone groups is 1. The lowest BCUT2D eigenvalue weighted by Crippen LogP contribution is -2.65. The molecule has 4 saturated carbocycles. The van der Waals surface area contributed by atoms with Gasteiger partial charge in [-0.05, 0) is 93.8 Å². The molecule has 6 atom stereocenters. The number of likely N-dealkylation sites (tertiary alicyclic amines) is 1. The fourth-order valence-corrected chi connectivity index (χ4v) is 12.2. The number of nitrogens with zero attached hydrogens (tertiary/aromatic N) is 1. The number of piperidine rings is 1. The minimum Gasteiger partial charge on any atom is -0.353 e. The van der Waals surface area contributed by atoms with Crippen LogP contribution in [0, 0.1) is 28.6 Å². The summed E-state index contributed by atoms with van der Waals surface area (Å²) in [6.07, 6.45) is 13.5. The molecule has 14 nitrogen and oxygen atoms in total. The fourth-order valence-electron chi connectivity index (χ4n) is 10.5. The summed E-state index contributed by atoms with van der Waals surface area (Å²) in [4.78, 5) is 71.6. The number of urea groups is 1. The van der Waals surface area contributed by atoms with E-state index in [1.165, 1.54) is 6.08 Å². The smallest absolute Gasteiger partial charge is 0.315 e. The lowest BCUT2D eigenvalue weighted by molar-refractivity contribution is -0.165. The van der Waals surface area contributed by atoms with Crippen LogP contribution in [0.4, 0.5) is 4.79 Å². The second kappa shape index (κ2) is 18.1. The predicted molar refractivity (Wildman–Crippen MR) is 224 cm³/mol. The van der Waals surface area contributed by atoms with Crippen molar-refractivity contribution in [2.24, 2.45) is 28.6 Å². The number of amides is 5. The van der Waals surface area contributed by atoms with E-state index >= 15 is 4.79 Å². The highest BCUT2D eigenvalue weighted by molar-refractivity contribution is 7.92. The van der Waals surface area contributed by atoms with Crippen LogP contribution < -0.4 is 21.3 Å². The van der Waals surface area contributed by atoms with Gasteiger partial charge in [-0.2, -0.15) is 0 Å². The number of hydrogen-bond donors (Lipinski definition) is 4. The molecule has 0 aromatic heterocycles. The SMILES string of the molecule is C=CCNC(=O)C(=O)[C@H](CC1CC1)NC(=O)[C@@H]1C2C(CN1C(=O)[C@@H](NC(=O)NC1(CS(=O)(=O)C(C)(C)COC3CCCCO3)CCCCC1)C1(C)CCCCC1)C2(C)C. The summed E-state index contributed by atoms with van der Waals surface area (Å²) < 4.78 is 38.8. The van der Waals surface area contributed by atoms with Crippen LogP contribution in [0.2, 0.25) is 0 Å². The van der Waals surface area contributed by atoms with Crippen molar-refractivity contribution in [3.8, 4) is 0 Å². The van der Waals surface area contributed by atoms with Gasteiger partial charge in [0, 0.05) is 19.7 Å². The van der Waals surface area contributed by atoms with E-state index in [0.717, 1.165) is 70.6 Å². The normalized spacial score (nSPS) is 28.3. The van der Waals surface area contributed by atoms with Gasteiger partial charge < -0.3 is 35.6 Å². The molecular formula is C44H71N5O9S. The van der Waals surface area contributed by atoms with Gasteiger partial charge in [-0.15, -0.1) is 6.58 Å². The Morgan fingerprint density at radius 3 is 2.19 bits per heavy atom. The molecule has 5 amide bonds. The van der Waals surface area contributed by atoms with E-state index in [2.05, 4.69) is 41.7 Å². The molecule has 6 rings (SSSR count). The molecule has 6 aliphatic rings. The first-order valence-electron chi connectivity index (χ1n) is 22.4. The lowest BCUT2D eigenvalue weighted by Gasteiger charge is -2.44. The van der Waals surface area contributed by atoms with E-state index in [4.69, 9.17) is 9.47 Å². The Hall–Kier alpha value is -3.04. The first-order chi connectivity index (χ1) is 27.8. The predicted octanol–water partition coefficient (Wildman–Crippen LogP) is 4.70. The third-order valence-electron chi connectivity index (χ3n) is 14.8. The molecule has 2 aliphatic heterocycles. The van der Waals surface area contributed by atoms with Gasteiger partial charge in [-0.25, -0.2) is 13.2 Å². The average Bonchev–Trinajstić information content (AvgIpc) is 4.05. The molecule has 15 heteroatoms. The molecule has 4 aliphatic carbocycles. The molecule has 6 fully saturated rings. The number of carbonyl (C=O) groups excluding carboxylic acids is 5. The van der Waals surface area contributed by atoms with E-state index in [9.17, 15) is 27.6 Å². The topological polar surface area (TPSA) is 189 Å². The summed E-state index contributed by atoms with van der Waals surface area (Å²) in [7, 11) is -3.81. The zero-order chi connectivity index (χ0) is 42.8. The Labute approximate surface area is 351 Å². The highest BCUT2D eigenvalue weighted by atomic mass is 32.2. The van der Waals surface area contributed by atoms with Gasteiger partial charge in [-0.3, -0.25) is 19.2 Å². The number of ketones is 1. The molecule has 0 aromatic rings. The molecule has 0 bridgehead atoms.